The topological polar surface area (TPSA) is 66.8 Å². The molecule has 2 aromatic carbocycles. The number of thioether (sulfide) groups is 1. The van der Waals surface area contributed by atoms with Crippen LogP contribution in [0.5, 0.6) is 0 Å². The number of nitrogens with zero attached hydrogens (tertiary/aromatic N) is 2. The van der Waals surface area contributed by atoms with E-state index in [0.29, 0.717) is 6.42 Å². The molecule has 11 heteroatoms. The lowest BCUT2D eigenvalue weighted by molar-refractivity contribution is -0.137. The number of fused-ring (bicyclic) bond motifs is 1. The number of sulfone groups is 1. The molecule has 0 N–H and O–H groups in total. The summed E-state index contributed by atoms with van der Waals surface area (Å²) < 4.78 is 64.4. The standard InChI is InChI=1S/C21H18ClF3N2O3S2/c22-16-8-7-14(10-15(16)21(23,24)25)27-17-11-32(29,30)12-18(17)31-20(27)26-19(28)9-6-13-4-2-1-3-5-13/h1-5,7-8,10,17-18H,6,9,11-12H2/t17-,18+/m0/s1. The van der Waals surface area contributed by atoms with Gasteiger partial charge in [0.1, 0.15) is 0 Å². The number of amides is 1. The Balaban J connectivity index is 1.65. The van der Waals surface area contributed by atoms with Gasteiger partial charge in [-0.15, -0.1) is 0 Å². The first-order valence-electron chi connectivity index (χ1n) is 9.72. The molecule has 1 amide bonds. The fraction of sp³-hybridized carbons (Fsp3) is 0.333. The van der Waals surface area contributed by atoms with Crippen molar-refractivity contribution in [3.05, 3.63) is 64.7 Å². The van der Waals surface area contributed by atoms with E-state index in [1.54, 1.807) is 0 Å². The zero-order valence-corrected chi connectivity index (χ0v) is 18.9. The van der Waals surface area contributed by atoms with Crippen molar-refractivity contribution >= 4 is 50.0 Å². The highest BCUT2D eigenvalue weighted by Crippen LogP contribution is 2.43. The quantitative estimate of drug-likeness (QED) is 0.611. The van der Waals surface area contributed by atoms with Gasteiger partial charge in [-0.25, -0.2) is 8.42 Å². The molecule has 0 spiro atoms. The number of carbonyl (C=O) groups is 1. The minimum Gasteiger partial charge on any atom is -0.316 e. The molecular weight excluding hydrogens is 485 g/mol. The molecule has 32 heavy (non-hydrogen) atoms. The van der Waals surface area contributed by atoms with Crippen LogP contribution in [0.25, 0.3) is 0 Å². The molecule has 0 aromatic heterocycles. The molecule has 5 nitrogen and oxygen atoms in total. The second kappa shape index (κ2) is 8.72. The summed E-state index contributed by atoms with van der Waals surface area (Å²) >= 11 is 6.86. The van der Waals surface area contributed by atoms with Crippen LogP contribution in [0.4, 0.5) is 18.9 Å². The zero-order valence-electron chi connectivity index (χ0n) is 16.5. The summed E-state index contributed by atoms with van der Waals surface area (Å²) in [5, 5.41) is -0.657. The molecule has 2 heterocycles. The summed E-state index contributed by atoms with van der Waals surface area (Å²) in [6.07, 6.45) is -4.07. The van der Waals surface area contributed by atoms with Gasteiger partial charge in [-0.1, -0.05) is 53.7 Å². The Morgan fingerprint density at radius 1 is 1.16 bits per heavy atom. The molecule has 2 saturated heterocycles. The molecule has 2 aliphatic heterocycles. The summed E-state index contributed by atoms with van der Waals surface area (Å²) in [5.74, 6) is -0.754. The van der Waals surface area contributed by atoms with Gasteiger partial charge in [0.25, 0.3) is 0 Å². The van der Waals surface area contributed by atoms with Crippen molar-refractivity contribution in [2.24, 2.45) is 4.99 Å². The van der Waals surface area contributed by atoms with Crippen LogP contribution in [-0.4, -0.2) is 42.3 Å². The lowest BCUT2D eigenvalue weighted by Crippen LogP contribution is -2.37. The predicted octanol–water partition coefficient (Wildman–Crippen LogP) is 4.59. The maximum atomic E-state index is 13.4. The summed E-state index contributed by atoms with van der Waals surface area (Å²) in [7, 11) is -3.34. The Hall–Kier alpha value is -2.04. The van der Waals surface area contributed by atoms with Crippen LogP contribution < -0.4 is 4.90 Å². The van der Waals surface area contributed by atoms with E-state index >= 15 is 0 Å². The van der Waals surface area contributed by atoms with Crippen LogP contribution in [0.1, 0.15) is 17.5 Å². The molecular formula is C21H18ClF3N2O3S2. The zero-order chi connectivity index (χ0) is 23.1. The first-order chi connectivity index (χ1) is 15.0. The van der Waals surface area contributed by atoms with E-state index in [1.807, 2.05) is 30.3 Å². The number of anilines is 1. The normalized spacial score (nSPS) is 23.5. The van der Waals surface area contributed by atoms with E-state index in [0.717, 1.165) is 29.5 Å². The van der Waals surface area contributed by atoms with Crippen molar-refractivity contribution in [2.45, 2.75) is 30.3 Å². The Kier molecular flexibility index (Phi) is 6.30. The monoisotopic (exact) mass is 502 g/mol. The minimum absolute atomic E-state index is 0.105. The van der Waals surface area contributed by atoms with Crippen molar-refractivity contribution < 1.29 is 26.4 Å². The van der Waals surface area contributed by atoms with Gasteiger partial charge >= 0.3 is 6.18 Å². The number of benzene rings is 2. The maximum absolute atomic E-state index is 13.4. The lowest BCUT2D eigenvalue weighted by atomic mass is 10.1. The van der Waals surface area contributed by atoms with Crippen LogP contribution in [0.3, 0.4) is 0 Å². The SMILES string of the molecule is O=C(CCc1ccccc1)N=C1S[C@@H]2CS(=O)(=O)C[C@@H]2N1c1ccc(Cl)c(C(F)(F)F)c1. The van der Waals surface area contributed by atoms with Gasteiger partial charge < -0.3 is 4.90 Å². The van der Waals surface area contributed by atoms with Crippen molar-refractivity contribution in [2.75, 3.05) is 16.4 Å². The van der Waals surface area contributed by atoms with Gasteiger partial charge in [0, 0.05) is 17.4 Å². The molecule has 0 bridgehead atoms. The van der Waals surface area contributed by atoms with E-state index in [-0.39, 0.29) is 28.8 Å². The third-order valence-electron chi connectivity index (χ3n) is 5.29. The van der Waals surface area contributed by atoms with E-state index in [2.05, 4.69) is 4.99 Å². The Bertz CT molecular complexity index is 1170. The first-order valence-corrected chi connectivity index (χ1v) is 12.8. The average Bonchev–Trinajstić information content (AvgIpc) is 3.17. The van der Waals surface area contributed by atoms with Crippen LogP contribution >= 0.6 is 23.4 Å². The van der Waals surface area contributed by atoms with Crippen LogP contribution in [0.15, 0.2) is 53.5 Å². The lowest BCUT2D eigenvalue weighted by Gasteiger charge is -2.25. The van der Waals surface area contributed by atoms with Crippen molar-refractivity contribution in [3.8, 4) is 0 Å². The summed E-state index contributed by atoms with van der Waals surface area (Å²) in [5.41, 5.74) is 0.0432. The number of rotatable bonds is 4. The van der Waals surface area contributed by atoms with Gasteiger partial charge in [0.05, 0.1) is 28.1 Å². The van der Waals surface area contributed by atoms with E-state index in [9.17, 15) is 26.4 Å². The van der Waals surface area contributed by atoms with Crippen LogP contribution in [-0.2, 0) is 27.2 Å². The summed E-state index contributed by atoms with van der Waals surface area (Å²) in [6.45, 7) is 0. The summed E-state index contributed by atoms with van der Waals surface area (Å²) in [6, 6.07) is 12.1. The number of alkyl halides is 3. The number of hydrogen-bond acceptors (Lipinski definition) is 4. The number of aliphatic imine (C=N–C) groups is 1. The predicted molar refractivity (Wildman–Crippen MR) is 120 cm³/mol. The molecule has 2 fully saturated rings. The molecule has 2 aromatic rings. The van der Waals surface area contributed by atoms with E-state index in [1.165, 1.54) is 11.0 Å². The van der Waals surface area contributed by atoms with Gasteiger partial charge in [-0.3, -0.25) is 4.79 Å². The number of carbonyl (C=O) groups excluding carboxylic acids is 1. The third-order valence-corrected chi connectivity index (χ3v) is 8.83. The fourth-order valence-electron chi connectivity index (χ4n) is 3.81. The highest BCUT2D eigenvalue weighted by molar-refractivity contribution is 8.16. The van der Waals surface area contributed by atoms with Gasteiger partial charge in [0.2, 0.25) is 5.91 Å². The van der Waals surface area contributed by atoms with Gasteiger partial charge in [-0.2, -0.15) is 18.2 Å². The second-order valence-electron chi connectivity index (χ2n) is 7.61. The fourth-order valence-corrected chi connectivity index (χ4v) is 7.96. The van der Waals surface area contributed by atoms with Crippen molar-refractivity contribution in [3.63, 3.8) is 0 Å². The molecule has 2 atom stereocenters. The number of aryl methyl sites for hydroxylation is 1. The Morgan fingerprint density at radius 3 is 2.56 bits per heavy atom. The molecule has 0 radical (unpaired) electrons. The summed E-state index contributed by atoms with van der Waals surface area (Å²) in [4.78, 5) is 18.1. The first kappa shape index (κ1) is 23.1. The Morgan fingerprint density at radius 2 is 1.88 bits per heavy atom. The van der Waals surface area contributed by atoms with Crippen molar-refractivity contribution in [1.82, 2.24) is 0 Å². The molecule has 0 saturated carbocycles. The van der Waals surface area contributed by atoms with Gasteiger partial charge in [0.15, 0.2) is 15.0 Å². The maximum Gasteiger partial charge on any atom is 0.417 e. The number of halogens is 4. The smallest absolute Gasteiger partial charge is 0.316 e. The van der Waals surface area contributed by atoms with Crippen LogP contribution in [0, 0.1) is 0 Å². The molecule has 4 rings (SSSR count). The number of hydrogen-bond donors (Lipinski definition) is 0. The molecule has 2 aliphatic rings. The second-order valence-corrected chi connectivity index (χ2v) is 11.4. The average molecular weight is 503 g/mol. The van der Waals surface area contributed by atoms with Crippen LogP contribution in [0.2, 0.25) is 5.02 Å². The minimum atomic E-state index is -4.68. The number of amidine groups is 1. The Labute approximate surface area is 192 Å². The van der Waals surface area contributed by atoms with Crippen molar-refractivity contribution in [1.29, 1.82) is 0 Å². The molecule has 0 unspecified atom stereocenters. The third kappa shape index (κ3) is 4.97. The highest BCUT2D eigenvalue weighted by Gasteiger charge is 2.49. The van der Waals surface area contributed by atoms with E-state index in [4.69, 9.17) is 11.6 Å². The van der Waals surface area contributed by atoms with E-state index < -0.39 is 43.8 Å². The highest BCUT2D eigenvalue weighted by atomic mass is 35.5. The van der Waals surface area contributed by atoms with Gasteiger partial charge in [-0.05, 0) is 30.2 Å². The largest absolute Gasteiger partial charge is 0.417 e. The molecule has 170 valence electrons. The molecule has 0 aliphatic carbocycles.